The van der Waals surface area contributed by atoms with E-state index >= 15 is 0 Å². The van der Waals surface area contributed by atoms with Gasteiger partial charge in [0.15, 0.2) is 5.17 Å². The maximum absolute atomic E-state index is 13.5. The van der Waals surface area contributed by atoms with Gasteiger partial charge >= 0.3 is 5.97 Å². The third-order valence-corrected chi connectivity index (χ3v) is 7.89. The lowest BCUT2D eigenvalue weighted by Gasteiger charge is -2.36. The van der Waals surface area contributed by atoms with Crippen LogP contribution in [0.1, 0.15) is 62.9 Å². The fourth-order valence-electron chi connectivity index (χ4n) is 5.02. The number of hydrogen-bond donors (Lipinski definition) is 1. The van der Waals surface area contributed by atoms with Gasteiger partial charge in [0.05, 0.1) is 35.9 Å². The number of amidine groups is 1. The molecule has 2 aliphatic heterocycles. The van der Waals surface area contributed by atoms with E-state index in [4.69, 9.17) is 14.5 Å². The summed E-state index contributed by atoms with van der Waals surface area (Å²) in [6.45, 7) is 7.87. The number of esters is 1. The number of carbonyl (C=O) groups excluding carboxylic acids is 2. The molecule has 1 N–H and O–H groups in total. The third-order valence-electron chi connectivity index (χ3n) is 7.00. The number of fused-ring (bicyclic) bond motifs is 1. The molecule has 2 aliphatic rings. The van der Waals surface area contributed by atoms with Gasteiger partial charge in [0, 0.05) is 5.70 Å². The molecule has 5 rings (SSSR count). The maximum Gasteiger partial charge on any atom is 0.338 e. The summed E-state index contributed by atoms with van der Waals surface area (Å²) < 4.78 is 11.8. The van der Waals surface area contributed by atoms with Crippen molar-refractivity contribution in [3.63, 3.8) is 0 Å². The first-order valence-corrected chi connectivity index (χ1v) is 14.9. The van der Waals surface area contributed by atoms with Crippen LogP contribution in [0.2, 0.25) is 0 Å². The number of rotatable bonds is 10. The first-order chi connectivity index (χ1) is 20.3. The fourth-order valence-corrected chi connectivity index (χ4v) is 5.99. The van der Waals surface area contributed by atoms with E-state index in [1.54, 1.807) is 0 Å². The summed E-state index contributed by atoms with van der Waals surface area (Å²) in [5.41, 5.74) is 4.73. The number of benzene rings is 3. The molecule has 0 saturated carbocycles. The number of carbonyl (C=O) groups is 2. The SMILES string of the molecule is CC1=C(C(=O)OC(C)C)[C@@H](c2cccc(OCc3ccccc3)c2)N2C(CC(=O)N[C@@H](C)c3ccccc3)=CSC2=N1. The van der Waals surface area contributed by atoms with E-state index in [9.17, 15) is 9.59 Å². The highest BCUT2D eigenvalue weighted by Gasteiger charge is 2.41. The van der Waals surface area contributed by atoms with E-state index in [2.05, 4.69) is 5.32 Å². The summed E-state index contributed by atoms with van der Waals surface area (Å²) >= 11 is 1.45. The van der Waals surface area contributed by atoms with Crippen molar-refractivity contribution in [1.29, 1.82) is 0 Å². The molecular formula is C34H35N3O4S. The molecule has 1 amide bonds. The summed E-state index contributed by atoms with van der Waals surface area (Å²) in [4.78, 5) is 33.5. The minimum Gasteiger partial charge on any atom is -0.489 e. The standard InChI is InChI=1S/C34H35N3O4S/c1-22(2)41-33(39)31-24(4)36-34-37(28(21-42-34)19-30(38)35-23(3)26-14-9-6-10-15-26)32(31)27-16-11-17-29(18-27)40-20-25-12-7-5-8-13-25/h5-18,21-23,32H,19-20H2,1-4H3,(H,35,38)/t23-,32+/m0/s1. The van der Waals surface area contributed by atoms with Crippen LogP contribution in [0.4, 0.5) is 0 Å². The molecule has 0 aliphatic carbocycles. The van der Waals surface area contributed by atoms with Crippen molar-refractivity contribution < 1.29 is 19.1 Å². The predicted molar refractivity (Wildman–Crippen MR) is 166 cm³/mol. The molecule has 2 atom stereocenters. The minimum atomic E-state index is -0.537. The van der Waals surface area contributed by atoms with Gasteiger partial charge in [-0.15, -0.1) is 0 Å². The summed E-state index contributed by atoms with van der Waals surface area (Å²) in [6.07, 6.45) is -0.160. The Labute approximate surface area is 251 Å². The second-order valence-electron chi connectivity index (χ2n) is 10.6. The normalized spacial score (nSPS) is 16.9. The van der Waals surface area contributed by atoms with Crippen molar-refractivity contribution in [2.45, 2.75) is 58.9 Å². The lowest BCUT2D eigenvalue weighted by Crippen LogP contribution is -2.38. The van der Waals surface area contributed by atoms with Crippen molar-refractivity contribution in [3.05, 3.63) is 124 Å². The molecule has 216 valence electrons. The van der Waals surface area contributed by atoms with Gasteiger partial charge in [0.25, 0.3) is 0 Å². The molecule has 0 unspecified atom stereocenters. The zero-order valence-electron chi connectivity index (χ0n) is 24.2. The molecule has 8 heteroatoms. The van der Waals surface area contributed by atoms with Gasteiger partial charge in [-0.25, -0.2) is 9.79 Å². The summed E-state index contributed by atoms with van der Waals surface area (Å²) in [5, 5.41) is 5.76. The lowest BCUT2D eigenvalue weighted by atomic mass is 9.93. The van der Waals surface area contributed by atoms with Crippen molar-refractivity contribution in [3.8, 4) is 5.75 Å². The average Bonchev–Trinajstić information content (AvgIpc) is 3.37. The van der Waals surface area contributed by atoms with E-state index < -0.39 is 12.0 Å². The van der Waals surface area contributed by atoms with Crippen LogP contribution in [0.25, 0.3) is 0 Å². The topological polar surface area (TPSA) is 80.2 Å². The fraction of sp³-hybridized carbons (Fsp3) is 0.265. The second-order valence-corrected chi connectivity index (χ2v) is 11.4. The Bertz CT molecular complexity index is 1530. The van der Waals surface area contributed by atoms with Crippen LogP contribution in [0.3, 0.4) is 0 Å². The number of thioether (sulfide) groups is 1. The Hall–Kier alpha value is -4.30. The van der Waals surface area contributed by atoms with E-state index in [0.29, 0.717) is 28.8 Å². The van der Waals surface area contributed by atoms with Gasteiger partial charge < -0.3 is 19.7 Å². The number of aliphatic imine (C=N–C) groups is 1. The number of nitrogens with zero attached hydrogens (tertiary/aromatic N) is 2. The highest BCUT2D eigenvalue weighted by molar-refractivity contribution is 8.16. The monoisotopic (exact) mass is 581 g/mol. The van der Waals surface area contributed by atoms with Crippen molar-refractivity contribution in [2.24, 2.45) is 4.99 Å². The van der Waals surface area contributed by atoms with E-state index in [1.165, 1.54) is 11.8 Å². The van der Waals surface area contributed by atoms with Crippen LogP contribution in [0.5, 0.6) is 5.75 Å². The molecule has 3 aromatic rings. The van der Waals surface area contributed by atoms with Crippen LogP contribution in [-0.4, -0.2) is 28.0 Å². The van der Waals surface area contributed by atoms with Crippen molar-refractivity contribution in [2.75, 3.05) is 0 Å². The number of ether oxygens (including phenoxy) is 2. The molecule has 2 heterocycles. The molecule has 42 heavy (non-hydrogen) atoms. The lowest BCUT2D eigenvalue weighted by molar-refractivity contribution is -0.143. The van der Waals surface area contributed by atoms with E-state index in [0.717, 1.165) is 22.4 Å². The molecule has 7 nitrogen and oxygen atoms in total. The smallest absolute Gasteiger partial charge is 0.338 e. The molecule has 0 fully saturated rings. The van der Waals surface area contributed by atoms with Crippen molar-refractivity contribution in [1.82, 2.24) is 10.2 Å². The number of allylic oxidation sites excluding steroid dienone is 1. The van der Waals surface area contributed by atoms with Gasteiger partial charge in [0.1, 0.15) is 12.4 Å². The van der Waals surface area contributed by atoms with Gasteiger partial charge in [0.2, 0.25) is 5.91 Å². The van der Waals surface area contributed by atoms with Crippen LogP contribution < -0.4 is 10.1 Å². The molecule has 0 radical (unpaired) electrons. The Morgan fingerprint density at radius 1 is 0.976 bits per heavy atom. The van der Waals surface area contributed by atoms with Crippen LogP contribution in [-0.2, 0) is 20.9 Å². The number of amides is 1. The minimum absolute atomic E-state index is 0.115. The number of hydrogen-bond acceptors (Lipinski definition) is 7. The van der Waals surface area contributed by atoms with Gasteiger partial charge in [-0.3, -0.25) is 4.79 Å². The first kappa shape index (κ1) is 29.2. The Morgan fingerprint density at radius 2 is 1.69 bits per heavy atom. The number of nitrogens with one attached hydrogen (secondary N) is 1. The Balaban J connectivity index is 1.43. The summed E-state index contributed by atoms with van der Waals surface area (Å²) in [7, 11) is 0. The zero-order valence-corrected chi connectivity index (χ0v) is 25.1. The maximum atomic E-state index is 13.5. The molecule has 0 aromatic heterocycles. The highest BCUT2D eigenvalue weighted by atomic mass is 32.2. The predicted octanol–water partition coefficient (Wildman–Crippen LogP) is 7.06. The highest BCUT2D eigenvalue weighted by Crippen LogP contribution is 2.45. The van der Waals surface area contributed by atoms with Gasteiger partial charge in [-0.2, -0.15) is 0 Å². The summed E-state index contributed by atoms with van der Waals surface area (Å²) in [5.74, 6) is 0.140. The average molecular weight is 582 g/mol. The first-order valence-electron chi connectivity index (χ1n) is 14.1. The Kier molecular flexibility index (Phi) is 9.12. The molecular weight excluding hydrogens is 546 g/mol. The molecule has 3 aromatic carbocycles. The van der Waals surface area contributed by atoms with Gasteiger partial charge in [-0.05, 0) is 61.9 Å². The Morgan fingerprint density at radius 3 is 2.40 bits per heavy atom. The largest absolute Gasteiger partial charge is 0.489 e. The quantitative estimate of drug-likeness (QED) is 0.258. The zero-order chi connectivity index (χ0) is 29.6. The second kappa shape index (κ2) is 13.1. The van der Waals surface area contributed by atoms with Gasteiger partial charge in [-0.1, -0.05) is 84.6 Å². The molecule has 0 bridgehead atoms. The summed E-state index contributed by atoms with van der Waals surface area (Å²) in [6, 6.07) is 26.9. The molecule has 0 spiro atoms. The van der Waals surface area contributed by atoms with Crippen LogP contribution in [0.15, 0.2) is 112 Å². The van der Waals surface area contributed by atoms with Crippen molar-refractivity contribution >= 4 is 28.8 Å². The van der Waals surface area contributed by atoms with Crippen LogP contribution in [0, 0.1) is 0 Å². The third kappa shape index (κ3) is 6.77. The van der Waals surface area contributed by atoms with E-state index in [1.807, 2.05) is 123 Å². The van der Waals surface area contributed by atoms with E-state index in [-0.39, 0.29) is 24.5 Å². The van der Waals surface area contributed by atoms with Crippen LogP contribution >= 0.6 is 11.8 Å². The molecule has 0 saturated heterocycles.